The fraction of sp³-hybridized carbons (Fsp3) is 0.393. The van der Waals surface area contributed by atoms with Gasteiger partial charge in [0, 0.05) is 42.4 Å². The number of carbonyl (C=O) groups is 2. The molecule has 1 saturated heterocycles. The lowest BCUT2D eigenvalue weighted by molar-refractivity contribution is -0.0179. The topological polar surface area (TPSA) is 93.9 Å². The standard InChI is InChI=1S/C28H29N3O5/c1-27(2,3)36-26(33)31-14-28(15-31)12-22-23(25(32)30-28)19-10-7-17-13-29-21(11-20(17)24(19)35-22)16-5-8-18(34-4)9-6-16/h5-6,8-9,11,13H,7,10,12,14-15H2,1-4H3,(H,30,32). The summed E-state index contributed by atoms with van der Waals surface area (Å²) >= 11 is 0. The van der Waals surface area contributed by atoms with Crippen LogP contribution in [0.2, 0.25) is 0 Å². The van der Waals surface area contributed by atoms with Crippen LogP contribution in [0.15, 0.2) is 40.9 Å². The number of methoxy groups -OCH3 is 1. The number of nitrogens with one attached hydrogen (secondary N) is 1. The van der Waals surface area contributed by atoms with Crippen molar-refractivity contribution in [3.05, 3.63) is 59.0 Å². The van der Waals surface area contributed by atoms with Gasteiger partial charge in [-0.3, -0.25) is 9.78 Å². The van der Waals surface area contributed by atoms with Crippen LogP contribution in [0, 0.1) is 0 Å². The quantitative estimate of drug-likeness (QED) is 0.576. The summed E-state index contributed by atoms with van der Waals surface area (Å²) in [5.41, 5.74) is 4.45. The summed E-state index contributed by atoms with van der Waals surface area (Å²) in [6, 6.07) is 9.83. The number of amides is 2. The number of likely N-dealkylation sites (tertiary alicyclic amines) is 1. The van der Waals surface area contributed by atoms with Crippen LogP contribution in [-0.2, 0) is 24.0 Å². The number of fused-ring (bicyclic) bond motifs is 5. The molecule has 0 bridgehead atoms. The highest BCUT2D eigenvalue weighted by atomic mass is 16.6. The molecule has 4 heterocycles. The molecular weight excluding hydrogens is 458 g/mol. The average molecular weight is 488 g/mol. The maximum Gasteiger partial charge on any atom is 0.410 e. The van der Waals surface area contributed by atoms with E-state index in [1.807, 2.05) is 57.3 Å². The van der Waals surface area contributed by atoms with Crippen molar-refractivity contribution in [2.75, 3.05) is 20.2 Å². The average Bonchev–Trinajstić information content (AvgIpc) is 3.20. The number of benzene rings is 1. The van der Waals surface area contributed by atoms with E-state index in [4.69, 9.17) is 13.9 Å². The number of hydrogen-bond donors (Lipinski definition) is 1. The summed E-state index contributed by atoms with van der Waals surface area (Å²) in [4.78, 5) is 32.0. The Hall–Kier alpha value is -3.81. The molecule has 1 spiro atoms. The van der Waals surface area contributed by atoms with Gasteiger partial charge in [-0.2, -0.15) is 0 Å². The van der Waals surface area contributed by atoms with Crippen molar-refractivity contribution in [2.45, 2.75) is 51.2 Å². The van der Waals surface area contributed by atoms with Gasteiger partial charge in [0.25, 0.3) is 5.91 Å². The van der Waals surface area contributed by atoms with Crippen molar-refractivity contribution >= 4 is 12.0 Å². The molecule has 2 aromatic heterocycles. The van der Waals surface area contributed by atoms with Crippen LogP contribution in [0.1, 0.15) is 48.0 Å². The number of aryl methyl sites for hydroxylation is 1. The molecule has 1 aromatic carbocycles. The number of pyridine rings is 1. The SMILES string of the molecule is COc1ccc(-c2cc3c(cn2)CCc2c-3oc3c2C(=O)NC2(C3)CN(C(=O)OC(C)(C)C)C2)cc1. The third-order valence-electron chi connectivity index (χ3n) is 7.08. The first-order valence-electron chi connectivity index (χ1n) is 12.2. The van der Waals surface area contributed by atoms with Gasteiger partial charge in [-0.15, -0.1) is 0 Å². The molecule has 1 fully saturated rings. The van der Waals surface area contributed by atoms with Gasteiger partial charge < -0.3 is 24.1 Å². The minimum Gasteiger partial charge on any atom is -0.497 e. The van der Waals surface area contributed by atoms with Crippen LogP contribution < -0.4 is 10.1 Å². The molecule has 36 heavy (non-hydrogen) atoms. The smallest absolute Gasteiger partial charge is 0.410 e. The summed E-state index contributed by atoms with van der Waals surface area (Å²) in [7, 11) is 1.64. The zero-order valence-corrected chi connectivity index (χ0v) is 20.9. The second kappa shape index (κ2) is 7.85. The number of ether oxygens (including phenoxy) is 2. The van der Waals surface area contributed by atoms with Crippen molar-refractivity contribution in [1.29, 1.82) is 0 Å². The number of carbonyl (C=O) groups excluding carboxylic acids is 2. The van der Waals surface area contributed by atoms with Crippen molar-refractivity contribution in [1.82, 2.24) is 15.2 Å². The Morgan fingerprint density at radius 3 is 2.61 bits per heavy atom. The minimum absolute atomic E-state index is 0.127. The molecule has 2 amide bonds. The highest BCUT2D eigenvalue weighted by molar-refractivity contribution is 6.01. The van der Waals surface area contributed by atoms with Gasteiger partial charge in [0.1, 0.15) is 22.9 Å². The summed E-state index contributed by atoms with van der Waals surface area (Å²) in [5, 5.41) is 3.17. The Kier molecular flexibility index (Phi) is 4.94. The van der Waals surface area contributed by atoms with E-state index in [0.717, 1.165) is 52.3 Å². The first-order chi connectivity index (χ1) is 17.1. The van der Waals surface area contributed by atoms with Crippen LogP contribution in [0.25, 0.3) is 22.6 Å². The van der Waals surface area contributed by atoms with E-state index in [9.17, 15) is 9.59 Å². The van der Waals surface area contributed by atoms with Gasteiger partial charge in [-0.1, -0.05) is 0 Å². The molecule has 6 rings (SSSR count). The summed E-state index contributed by atoms with van der Waals surface area (Å²) in [6.07, 6.45) is 3.63. The second-order valence-electron chi connectivity index (χ2n) is 10.9. The van der Waals surface area contributed by atoms with Crippen molar-refractivity contribution in [2.24, 2.45) is 0 Å². The Bertz CT molecular complexity index is 1380. The molecule has 1 N–H and O–H groups in total. The molecule has 2 aliphatic heterocycles. The van der Waals surface area contributed by atoms with Crippen LogP contribution in [0.3, 0.4) is 0 Å². The Balaban J connectivity index is 1.29. The van der Waals surface area contributed by atoms with Crippen molar-refractivity contribution < 1.29 is 23.5 Å². The zero-order chi connectivity index (χ0) is 25.2. The molecule has 0 unspecified atom stereocenters. The van der Waals surface area contributed by atoms with Crippen molar-refractivity contribution in [3.63, 3.8) is 0 Å². The lowest BCUT2D eigenvalue weighted by Gasteiger charge is -2.51. The van der Waals surface area contributed by atoms with Crippen LogP contribution >= 0.6 is 0 Å². The Morgan fingerprint density at radius 2 is 1.92 bits per heavy atom. The fourth-order valence-electron chi connectivity index (χ4n) is 5.42. The molecule has 3 aromatic rings. The molecule has 3 aliphatic rings. The predicted molar refractivity (Wildman–Crippen MR) is 133 cm³/mol. The van der Waals surface area contributed by atoms with E-state index >= 15 is 0 Å². The van der Waals surface area contributed by atoms with Crippen molar-refractivity contribution in [3.8, 4) is 28.3 Å². The first kappa shape index (κ1) is 22.6. The molecule has 0 atom stereocenters. The van der Waals surface area contributed by atoms with Gasteiger partial charge in [0.15, 0.2) is 0 Å². The largest absolute Gasteiger partial charge is 0.497 e. The lowest BCUT2D eigenvalue weighted by Crippen LogP contribution is -2.73. The van der Waals surface area contributed by atoms with Gasteiger partial charge in [-0.25, -0.2) is 4.79 Å². The minimum atomic E-state index is -0.560. The number of rotatable bonds is 2. The fourth-order valence-corrected chi connectivity index (χ4v) is 5.42. The lowest BCUT2D eigenvalue weighted by atomic mass is 9.80. The second-order valence-corrected chi connectivity index (χ2v) is 10.9. The molecule has 186 valence electrons. The van der Waals surface area contributed by atoms with Crippen LogP contribution in [0.4, 0.5) is 4.79 Å². The maximum atomic E-state index is 13.3. The third-order valence-corrected chi connectivity index (χ3v) is 7.08. The van der Waals surface area contributed by atoms with Gasteiger partial charge in [0.2, 0.25) is 0 Å². The maximum absolute atomic E-state index is 13.3. The zero-order valence-electron chi connectivity index (χ0n) is 20.9. The predicted octanol–water partition coefficient (Wildman–Crippen LogP) is 4.39. The van der Waals surface area contributed by atoms with Gasteiger partial charge in [0.05, 0.1) is 23.9 Å². The molecule has 1 aliphatic carbocycles. The number of nitrogens with zero attached hydrogens (tertiary/aromatic N) is 2. The van der Waals surface area contributed by atoms with Gasteiger partial charge >= 0.3 is 6.09 Å². The number of hydrogen-bond acceptors (Lipinski definition) is 6. The Labute approximate surface area is 209 Å². The van der Waals surface area contributed by atoms with E-state index in [2.05, 4.69) is 10.3 Å². The molecule has 0 radical (unpaired) electrons. The summed E-state index contributed by atoms with van der Waals surface area (Å²) in [5.74, 6) is 2.12. The molecular formula is C28H29N3O5. The normalized spacial score (nSPS) is 17.4. The van der Waals surface area contributed by atoms with E-state index in [1.54, 1.807) is 12.0 Å². The summed E-state index contributed by atoms with van der Waals surface area (Å²) < 4.78 is 17.2. The number of aromatic nitrogens is 1. The van der Waals surface area contributed by atoms with E-state index < -0.39 is 11.1 Å². The van der Waals surface area contributed by atoms with E-state index in [-0.39, 0.29) is 12.0 Å². The van der Waals surface area contributed by atoms with Gasteiger partial charge in [-0.05, 0) is 69.5 Å². The third kappa shape index (κ3) is 3.72. The molecule has 0 saturated carbocycles. The van der Waals surface area contributed by atoms with E-state index in [0.29, 0.717) is 30.8 Å². The molecule has 8 nitrogen and oxygen atoms in total. The number of furan rings is 1. The Morgan fingerprint density at radius 1 is 1.17 bits per heavy atom. The highest BCUT2D eigenvalue weighted by Crippen LogP contribution is 2.43. The van der Waals surface area contributed by atoms with Crippen LogP contribution in [-0.4, -0.2) is 53.2 Å². The molecule has 8 heteroatoms. The van der Waals surface area contributed by atoms with Crippen LogP contribution in [0.5, 0.6) is 5.75 Å². The van der Waals surface area contributed by atoms with E-state index in [1.165, 1.54) is 0 Å². The highest BCUT2D eigenvalue weighted by Gasteiger charge is 2.52. The summed E-state index contributed by atoms with van der Waals surface area (Å²) in [6.45, 7) is 6.34. The first-order valence-corrected chi connectivity index (χ1v) is 12.2. The monoisotopic (exact) mass is 487 g/mol.